The second kappa shape index (κ2) is 13.6. The van der Waals surface area contributed by atoms with Crippen LogP contribution in [-0.4, -0.2) is 98.4 Å². The Hall–Kier alpha value is -3.99. The molecule has 2 aliphatic heterocycles. The molecule has 11 nitrogen and oxygen atoms in total. The monoisotopic (exact) mass is 592 g/mol. The van der Waals surface area contributed by atoms with Gasteiger partial charge in [0, 0.05) is 44.5 Å². The molecule has 0 aliphatic carbocycles. The SMILES string of the molecule is O=C(O)C(F)(F)F.O=C(O)C(F)(F)F.c1cncc(CN2CCC(c3nc4ccc(N5CCOCC5)cn4n3)C2)c1. The van der Waals surface area contributed by atoms with Gasteiger partial charge in [-0.15, -0.1) is 0 Å². The molecular weight excluding hydrogens is 566 g/mol. The average molecular weight is 592 g/mol. The summed E-state index contributed by atoms with van der Waals surface area (Å²) >= 11 is 0. The fourth-order valence-corrected chi connectivity index (χ4v) is 4.01. The molecule has 2 N–H and O–H groups in total. The van der Waals surface area contributed by atoms with Gasteiger partial charge in [-0.3, -0.25) is 9.88 Å². The second-order valence-electron chi connectivity index (χ2n) is 8.95. The smallest absolute Gasteiger partial charge is 0.475 e. The van der Waals surface area contributed by atoms with Crippen molar-refractivity contribution in [2.75, 3.05) is 44.3 Å². The molecule has 1 atom stereocenters. The van der Waals surface area contributed by atoms with Crippen LogP contribution >= 0.6 is 0 Å². The summed E-state index contributed by atoms with van der Waals surface area (Å²) in [6, 6.07) is 8.35. The number of halogens is 6. The Bertz CT molecular complexity index is 1270. The Balaban J connectivity index is 0.000000276. The Labute approximate surface area is 229 Å². The van der Waals surface area contributed by atoms with Gasteiger partial charge in [-0.05, 0) is 36.7 Å². The number of aliphatic carboxylic acids is 2. The van der Waals surface area contributed by atoms with Crippen LogP contribution in [0.2, 0.25) is 0 Å². The van der Waals surface area contributed by atoms with Crippen LogP contribution in [-0.2, 0) is 20.9 Å². The summed E-state index contributed by atoms with van der Waals surface area (Å²) in [5.41, 5.74) is 3.37. The number of likely N-dealkylation sites (tertiary alicyclic amines) is 1. The Morgan fingerprint density at radius 2 is 1.61 bits per heavy atom. The number of morpholine rings is 1. The lowest BCUT2D eigenvalue weighted by Gasteiger charge is -2.28. The van der Waals surface area contributed by atoms with E-state index in [0.29, 0.717) is 5.92 Å². The summed E-state index contributed by atoms with van der Waals surface area (Å²) in [6.07, 6.45) is -3.20. The van der Waals surface area contributed by atoms with E-state index < -0.39 is 24.3 Å². The van der Waals surface area contributed by atoms with Gasteiger partial charge >= 0.3 is 24.3 Å². The molecule has 0 saturated carbocycles. The quantitative estimate of drug-likeness (QED) is 0.435. The number of alkyl halides is 6. The first kappa shape index (κ1) is 31.5. The highest BCUT2D eigenvalue weighted by atomic mass is 19.4. The highest BCUT2D eigenvalue weighted by Crippen LogP contribution is 2.27. The molecule has 3 aromatic heterocycles. The zero-order chi connectivity index (χ0) is 30.2. The van der Waals surface area contributed by atoms with E-state index in [1.165, 1.54) is 11.3 Å². The zero-order valence-corrected chi connectivity index (χ0v) is 21.3. The Morgan fingerprint density at radius 3 is 2.17 bits per heavy atom. The van der Waals surface area contributed by atoms with Crippen molar-refractivity contribution in [2.45, 2.75) is 31.2 Å². The van der Waals surface area contributed by atoms with Gasteiger partial charge in [-0.1, -0.05) is 6.07 Å². The number of carbonyl (C=O) groups is 2. The van der Waals surface area contributed by atoms with Gasteiger partial charge in [0.25, 0.3) is 0 Å². The lowest BCUT2D eigenvalue weighted by atomic mass is 10.1. The summed E-state index contributed by atoms with van der Waals surface area (Å²) in [5, 5.41) is 19.1. The number of hydrogen-bond donors (Lipinski definition) is 2. The van der Waals surface area contributed by atoms with Crippen LogP contribution in [0.25, 0.3) is 5.65 Å². The number of carboxylic acids is 2. The average Bonchev–Trinajstić information content (AvgIpc) is 3.56. The summed E-state index contributed by atoms with van der Waals surface area (Å²) in [6.45, 7) is 6.46. The van der Waals surface area contributed by atoms with Crippen molar-refractivity contribution in [2.24, 2.45) is 0 Å². The number of rotatable bonds is 4. The maximum atomic E-state index is 10.6. The van der Waals surface area contributed by atoms with E-state index in [1.54, 1.807) is 0 Å². The fourth-order valence-electron chi connectivity index (χ4n) is 4.01. The van der Waals surface area contributed by atoms with Crippen LogP contribution in [0.4, 0.5) is 32.0 Å². The largest absolute Gasteiger partial charge is 0.490 e. The predicted molar refractivity (Wildman–Crippen MR) is 130 cm³/mol. The topological polar surface area (TPSA) is 133 Å². The third kappa shape index (κ3) is 9.56. The number of ether oxygens (including phenoxy) is 1. The number of anilines is 1. The minimum atomic E-state index is -5.08. The van der Waals surface area contributed by atoms with Crippen molar-refractivity contribution in [3.05, 3.63) is 54.2 Å². The molecule has 2 fully saturated rings. The van der Waals surface area contributed by atoms with Crippen LogP contribution < -0.4 is 4.90 Å². The van der Waals surface area contributed by atoms with E-state index in [2.05, 4.69) is 39.2 Å². The molecule has 2 aliphatic rings. The van der Waals surface area contributed by atoms with Crippen LogP contribution in [0.1, 0.15) is 23.7 Å². The number of pyridine rings is 2. The van der Waals surface area contributed by atoms with Gasteiger partial charge in [0.2, 0.25) is 0 Å². The molecule has 5 heterocycles. The molecule has 5 rings (SSSR count). The lowest BCUT2D eigenvalue weighted by Crippen LogP contribution is -2.36. The number of fused-ring (bicyclic) bond motifs is 1. The fraction of sp³-hybridized carbons (Fsp3) is 0.458. The lowest BCUT2D eigenvalue weighted by molar-refractivity contribution is -0.193. The van der Waals surface area contributed by atoms with Crippen LogP contribution in [0.5, 0.6) is 0 Å². The first-order valence-corrected chi connectivity index (χ1v) is 12.1. The molecule has 0 spiro atoms. The van der Waals surface area contributed by atoms with Crippen LogP contribution in [0.15, 0.2) is 42.9 Å². The van der Waals surface area contributed by atoms with Gasteiger partial charge in [0.05, 0.1) is 25.1 Å². The van der Waals surface area contributed by atoms with Crippen LogP contribution in [0.3, 0.4) is 0 Å². The maximum absolute atomic E-state index is 10.6. The highest BCUT2D eigenvalue weighted by molar-refractivity contribution is 5.73. The van der Waals surface area contributed by atoms with E-state index in [4.69, 9.17) is 34.6 Å². The summed E-state index contributed by atoms with van der Waals surface area (Å²) in [7, 11) is 0. The minimum Gasteiger partial charge on any atom is -0.475 e. The standard InChI is InChI=1S/C20H24N6O.2C2HF3O2/c1-2-16(12-21-6-1)13-24-7-5-17(14-24)20-22-19-4-3-18(15-26(19)23-20)25-8-10-27-11-9-25;2*3-2(4,5)1(6)7/h1-4,6,12,15,17H,5,7-11,13-14H2;2*(H,6,7). The minimum absolute atomic E-state index is 0.397. The first-order chi connectivity index (χ1) is 19.2. The van der Waals surface area contributed by atoms with Gasteiger partial charge in [0.15, 0.2) is 11.5 Å². The molecule has 0 aromatic carbocycles. The van der Waals surface area contributed by atoms with Crippen molar-refractivity contribution >= 4 is 23.3 Å². The molecule has 224 valence electrons. The number of carboxylic acid groups (broad SMARTS) is 2. The van der Waals surface area contributed by atoms with E-state index in [9.17, 15) is 26.3 Å². The van der Waals surface area contributed by atoms with Crippen molar-refractivity contribution < 1.29 is 50.9 Å². The van der Waals surface area contributed by atoms with E-state index >= 15 is 0 Å². The van der Waals surface area contributed by atoms with Crippen LogP contribution in [0, 0.1) is 0 Å². The molecule has 0 radical (unpaired) electrons. The second-order valence-corrected chi connectivity index (χ2v) is 8.95. The van der Waals surface area contributed by atoms with Gasteiger partial charge in [0.1, 0.15) is 0 Å². The molecule has 17 heteroatoms. The van der Waals surface area contributed by atoms with E-state index in [-0.39, 0.29) is 0 Å². The molecular formula is C24H26F6N6O5. The molecule has 41 heavy (non-hydrogen) atoms. The Morgan fingerprint density at radius 1 is 0.976 bits per heavy atom. The van der Waals surface area contributed by atoms with E-state index in [0.717, 1.165) is 63.8 Å². The third-order valence-corrected chi connectivity index (χ3v) is 5.96. The highest BCUT2D eigenvalue weighted by Gasteiger charge is 2.39. The Kier molecular flexibility index (Phi) is 10.4. The normalized spacial score (nSPS) is 17.8. The molecule has 3 aromatic rings. The number of aromatic nitrogens is 4. The molecule has 0 bridgehead atoms. The zero-order valence-electron chi connectivity index (χ0n) is 21.3. The number of hydrogen-bond acceptors (Lipinski definition) is 8. The predicted octanol–water partition coefficient (Wildman–Crippen LogP) is 3.22. The molecule has 1 unspecified atom stereocenters. The van der Waals surface area contributed by atoms with Gasteiger partial charge in [-0.25, -0.2) is 19.1 Å². The maximum Gasteiger partial charge on any atom is 0.490 e. The summed E-state index contributed by atoms with van der Waals surface area (Å²) in [5.74, 6) is -4.16. The van der Waals surface area contributed by atoms with Crippen molar-refractivity contribution in [3.63, 3.8) is 0 Å². The summed E-state index contributed by atoms with van der Waals surface area (Å²) in [4.78, 5) is 31.6. The first-order valence-electron chi connectivity index (χ1n) is 12.1. The molecule has 0 amide bonds. The van der Waals surface area contributed by atoms with Crippen molar-refractivity contribution in [3.8, 4) is 0 Å². The molecule has 2 saturated heterocycles. The van der Waals surface area contributed by atoms with Crippen molar-refractivity contribution in [1.29, 1.82) is 0 Å². The third-order valence-electron chi connectivity index (χ3n) is 5.96. The number of nitrogens with zero attached hydrogens (tertiary/aromatic N) is 6. The van der Waals surface area contributed by atoms with Crippen molar-refractivity contribution in [1.82, 2.24) is 24.5 Å². The summed E-state index contributed by atoms with van der Waals surface area (Å²) < 4.78 is 70.9. The van der Waals surface area contributed by atoms with Gasteiger partial charge in [-0.2, -0.15) is 31.4 Å². The van der Waals surface area contributed by atoms with Gasteiger partial charge < -0.3 is 19.8 Å². The van der Waals surface area contributed by atoms with E-state index in [1.807, 2.05) is 23.0 Å².